The molecule has 25 heavy (non-hydrogen) atoms. The standard InChI is InChI=1S/C16H14ClFN4O2S/c1-7-6-11(22-24-7)20-15(23)12-8(2)19-16(25)21-14(12)13-9(17)4-3-5-10(13)18/h3-6,14H,1-2H3,(H2,19,21,25)(H,20,22,23)/t14-/m0/s1. The van der Waals surface area contributed by atoms with E-state index in [1.807, 2.05) is 0 Å². The molecule has 1 aromatic carbocycles. The largest absolute Gasteiger partial charge is 0.360 e. The summed E-state index contributed by atoms with van der Waals surface area (Å²) in [6.07, 6.45) is 0. The van der Waals surface area contributed by atoms with Crippen molar-refractivity contribution in [2.75, 3.05) is 5.32 Å². The monoisotopic (exact) mass is 380 g/mol. The number of carbonyl (C=O) groups is 1. The Balaban J connectivity index is 2.02. The minimum Gasteiger partial charge on any atom is -0.360 e. The summed E-state index contributed by atoms with van der Waals surface area (Å²) < 4.78 is 19.3. The lowest BCUT2D eigenvalue weighted by molar-refractivity contribution is -0.113. The Morgan fingerprint density at radius 2 is 2.20 bits per heavy atom. The summed E-state index contributed by atoms with van der Waals surface area (Å²) in [4.78, 5) is 12.8. The molecule has 1 aliphatic rings. The number of anilines is 1. The number of halogens is 2. The van der Waals surface area contributed by atoms with E-state index in [0.29, 0.717) is 11.5 Å². The van der Waals surface area contributed by atoms with Gasteiger partial charge in [0.2, 0.25) is 0 Å². The van der Waals surface area contributed by atoms with Crippen molar-refractivity contribution in [3.63, 3.8) is 0 Å². The number of aryl methyl sites for hydroxylation is 1. The minimum atomic E-state index is -0.838. The Labute approximate surface area is 153 Å². The zero-order valence-electron chi connectivity index (χ0n) is 13.3. The Hall–Kier alpha value is -2.45. The van der Waals surface area contributed by atoms with Crippen LogP contribution in [0.25, 0.3) is 0 Å². The first-order chi connectivity index (χ1) is 11.9. The van der Waals surface area contributed by atoms with Gasteiger partial charge in [-0.25, -0.2) is 4.39 Å². The Morgan fingerprint density at radius 3 is 2.84 bits per heavy atom. The number of nitrogens with zero attached hydrogens (tertiary/aromatic N) is 1. The molecule has 0 saturated heterocycles. The van der Waals surface area contributed by atoms with E-state index >= 15 is 0 Å². The van der Waals surface area contributed by atoms with Crippen LogP contribution < -0.4 is 16.0 Å². The van der Waals surface area contributed by atoms with Crippen LogP contribution in [0, 0.1) is 12.7 Å². The van der Waals surface area contributed by atoms with Crippen LogP contribution in [-0.4, -0.2) is 16.2 Å². The maximum Gasteiger partial charge on any atom is 0.257 e. The first-order valence-electron chi connectivity index (χ1n) is 7.33. The predicted molar refractivity (Wildman–Crippen MR) is 95.6 cm³/mol. The van der Waals surface area contributed by atoms with Crippen LogP contribution in [0.15, 0.2) is 40.1 Å². The molecule has 3 N–H and O–H groups in total. The molecular formula is C16H14ClFN4O2S. The SMILES string of the molecule is CC1=C(C(=O)Nc2cc(C)on2)[C@@H](c2c(F)cccc2Cl)NC(=S)N1. The molecule has 0 saturated carbocycles. The average molecular weight is 381 g/mol. The molecule has 0 aliphatic carbocycles. The van der Waals surface area contributed by atoms with E-state index in [0.717, 1.165) is 0 Å². The molecule has 1 amide bonds. The van der Waals surface area contributed by atoms with E-state index in [1.165, 1.54) is 12.1 Å². The summed E-state index contributed by atoms with van der Waals surface area (Å²) in [5.74, 6) is -0.201. The van der Waals surface area contributed by atoms with Crippen LogP contribution in [0.4, 0.5) is 10.2 Å². The van der Waals surface area contributed by atoms with Gasteiger partial charge in [-0.2, -0.15) is 0 Å². The zero-order valence-corrected chi connectivity index (χ0v) is 14.9. The summed E-state index contributed by atoms with van der Waals surface area (Å²) >= 11 is 11.3. The number of aromatic nitrogens is 1. The normalized spacial score (nSPS) is 17.1. The van der Waals surface area contributed by atoms with E-state index in [4.69, 9.17) is 28.3 Å². The van der Waals surface area contributed by atoms with Gasteiger partial charge in [0.15, 0.2) is 10.9 Å². The summed E-state index contributed by atoms with van der Waals surface area (Å²) in [5.41, 5.74) is 0.890. The van der Waals surface area contributed by atoms with Gasteiger partial charge in [0.05, 0.1) is 11.6 Å². The van der Waals surface area contributed by atoms with Crippen molar-refractivity contribution in [3.8, 4) is 0 Å². The van der Waals surface area contributed by atoms with Crippen LogP contribution >= 0.6 is 23.8 Å². The van der Waals surface area contributed by atoms with Crippen molar-refractivity contribution in [3.05, 3.63) is 57.7 Å². The molecule has 9 heteroatoms. The number of hydrogen-bond acceptors (Lipinski definition) is 4. The van der Waals surface area contributed by atoms with Gasteiger partial charge in [0, 0.05) is 22.3 Å². The molecule has 2 heterocycles. The molecular weight excluding hydrogens is 367 g/mol. The highest BCUT2D eigenvalue weighted by Gasteiger charge is 2.33. The molecule has 1 aromatic heterocycles. The highest BCUT2D eigenvalue weighted by molar-refractivity contribution is 7.80. The van der Waals surface area contributed by atoms with Gasteiger partial charge in [-0.05, 0) is 38.2 Å². The van der Waals surface area contributed by atoms with Crippen molar-refractivity contribution in [1.82, 2.24) is 15.8 Å². The predicted octanol–water partition coefficient (Wildman–Crippen LogP) is 3.21. The molecule has 0 spiro atoms. The van der Waals surface area contributed by atoms with Crippen LogP contribution in [0.1, 0.15) is 24.3 Å². The Morgan fingerprint density at radius 1 is 1.44 bits per heavy atom. The van der Waals surface area contributed by atoms with E-state index < -0.39 is 17.8 Å². The van der Waals surface area contributed by atoms with Crippen LogP contribution in [0.2, 0.25) is 5.02 Å². The number of allylic oxidation sites excluding steroid dienone is 1. The molecule has 6 nitrogen and oxygen atoms in total. The summed E-state index contributed by atoms with van der Waals surface area (Å²) in [5, 5.41) is 12.6. The third kappa shape index (κ3) is 3.49. The van der Waals surface area contributed by atoms with Crippen molar-refractivity contribution in [2.45, 2.75) is 19.9 Å². The van der Waals surface area contributed by atoms with Gasteiger partial charge in [-0.3, -0.25) is 4.79 Å². The van der Waals surface area contributed by atoms with E-state index in [-0.39, 0.29) is 27.1 Å². The molecule has 3 rings (SSSR count). The van der Waals surface area contributed by atoms with E-state index in [1.54, 1.807) is 26.0 Å². The first-order valence-corrected chi connectivity index (χ1v) is 8.12. The number of thiocarbonyl (C=S) groups is 1. The molecule has 2 aromatic rings. The Bertz CT molecular complexity index is 876. The third-order valence-electron chi connectivity index (χ3n) is 3.67. The quantitative estimate of drug-likeness (QED) is 0.710. The van der Waals surface area contributed by atoms with Gasteiger partial charge in [-0.15, -0.1) is 0 Å². The minimum absolute atomic E-state index is 0.147. The maximum atomic E-state index is 14.4. The zero-order chi connectivity index (χ0) is 18.1. The number of rotatable bonds is 3. The number of hydrogen-bond donors (Lipinski definition) is 3. The highest BCUT2D eigenvalue weighted by atomic mass is 35.5. The van der Waals surface area contributed by atoms with E-state index in [2.05, 4.69) is 21.1 Å². The van der Waals surface area contributed by atoms with Crippen LogP contribution in [0.3, 0.4) is 0 Å². The van der Waals surface area contributed by atoms with E-state index in [9.17, 15) is 9.18 Å². The van der Waals surface area contributed by atoms with Gasteiger partial charge in [0.25, 0.3) is 5.91 Å². The molecule has 1 atom stereocenters. The number of carbonyl (C=O) groups excluding carboxylic acids is 1. The van der Waals surface area contributed by atoms with Crippen molar-refractivity contribution < 1.29 is 13.7 Å². The fourth-order valence-corrected chi connectivity index (χ4v) is 3.15. The Kier molecular flexibility index (Phi) is 4.73. The lowest BCUT2D eigenvalue weighted by atomic mass is 9.94. The van der Waals surface area contributed by atoms with Gasteiger partial charge >= 0.3 is 0 Å². The van der Waals surface area contributed by atoms with Crippen LogP contribution in [0.5, 0.6) is 0 Å². The molecule has 0 radical (unpaired) electrons. The summed E-state index contributed by atoms with van der Waals surface area (Å²) in [6, 6.07) is 5.07. The number of amides is 1. The topological polar surface area (TPSA) is 79.2 Å². The van der Waals surface area contributed by atoms with Gasteiger partial charge < -0.3 is 20.5 Å². The molecule has 0 bridgehead atoms. The lowest BCUT2D eigenvalue weighted by Gasteiger charge is -2.30. The van der Waals surface area contributed by atoms with Crippen molar-refractivity contribution >= 4 is 40.7 Å². The maximum absolute atomic E-state index is 14.4. The second-order valence-corrected chi connectivity index (χ2v) is 6.30. The summed E-state index contributed by atoms with van der Waals surface area (Å²) in [7, 11) is 0. The second-order valence-electron chi connectivity index (χ2n) is 5.48. The van der Waals surface area contributed by atoms with Crippen LogP contribution in [-0.2, 0) is 4.79 Å². The fraction of sp³-hybridized carbons (Fsp3) is 0.188. The summed E-state index contributed by atoms with van der Waals surface area (Å²) in [6.45, 7) is 3.38. The first kappa shape index (κ1) is 17.4. The highest BCUT2D eigenvalue weighted by Crippen LogP contribution is 2.33. The molecule has 130 valence electrons. The van der Waals surface area contributed by atoms with Crippen molar-refractivity contribution in [2.24, 2.45) is 0 Å². The van der Waals surface area contributed by atoms with Gasteiger partial charge in [0.1, 0.15) is 11.6 Å². The number of nitrogens with one attached hydrogen (secondary N) is 3. The number of benzene rings is 1. The smallest absolute Gasteiger partial charge is 0.257 e. The van der Waals surface area contributed by atoms with Crippen molar-refractivity contribution in [1.29, 1.82) is 0 Å². The average Bonchev–Trinajstić information content (AvgIpc) is 2.91. The molecule has 0 unspecified atom stereocenters. The lowest BCUT2D eigenvalue weighted by Crippen LogP contribution is -2.46. The molecule has 0 fully saturated rings. The van der Waals surface area contributed by atoms with Gasteiger partial charge in [-0.1, -0.05) is 22.8 Å². The molecule has 1 aliphatic heterocycles. The second kappa shape index (κ2) is 6.81. The third-order valence-corrected chi connectivity index (χ3v) is 4.22. The fourth-order valence-electron chi connectivity index (χ4n) is 2.61.